The van der Waals surface area contributed by atoms with Crippen LogP contribution in [0.25, 0.3) is 6.08 Å². The highest BCUT2D eigenvalue weighted by molar-refractivity contribution is 5.88. The Morgan fingerprint density at radius 2 is 1.69 bits per heavy atom. The van der Waals surface area contributed by atoms with E-state index < -0.39 is 29.6 Å². The summed E-state index contributed by atoms with van der Waals surface area (Å²) in [4.78, 5) is 24.7. The molecule has 0 unspecified atom stereocenters. The number of methoxy groups -OCH3 is 3. The number of esters is 2. The largest absolute Gasteiger partial charge is 0.493 e. The summed E-state index contributed by atoms with van der Waals surface area (Å²) in [5.74, 6) is 0.154. The summed E-state index contributed by atoms with van der Waals surface area (Å²) in [7, 11) is 4.45. The first-order valence-electron chi connectivity index (χ1n) is 10.2. The minimum absolute atomic E-state index is 0.420. The smallest absolute Gasteiger partial charge is 0.331 e. The molecule has 0 aliphatic carbocycles. The molecule has 7 nitrogen and oxygen atoms in total. The fourth-order valence-electron chi connectivity index (χ4n) is 3.56. The second-order valence-corrected chi connectivity index (χ2v) is 8.32. The summed E-state index contributed by atoms with van der Waals surface area (Å²) in [6.07, 6.45) is 2.41. The van der Waals surface area contributed by atoms with Gasteiger partial charge >= 0.3 is 11.9 Å². The van der Waals surface area contributed by atoms with Crippen LogP contribution in [-0.4, -0.2) is 38.9 Å². The fraction of sp³-hybridized carbons (Fsp3) is 0.360. The van der Waals surface area contributed by atoms with Gasteiger partial charge in [-0.05, 0) is 62.2 Å². The van der Waals surface area contributed by atoms with Crippen molar-refractivity contribution in [3.05, 3.63) is 59.2 Å². The Bertz CT molecular complexity index is 1030. The predicted molar refractivity (Wildman–Crippen MR) is 119 cm³/mol. The number of carbonyl (C=O) groups is 2. The predicted octanol–water partition coefficient (Wildman–Crippen LogP) is 4.45. The van der Waals surface area contributed by atoms with Gasteiger partial charge in [-0.2, -0.15) is 0 Å². The van der Waals surface area contributed by atoms with E-state index in [2.05, 4.69) is 0 Å². The van der Waals surface area contributed by atoms with Crippen LogP contribution >= 0.6 is 0 Å². The maximum Gasteiger partial charge on any atom is 0.331 e. The number of carbonyl (C=O) groups excluding carboxylic acids is 2. The van der Waals surface area contributed by atoms with Gasteiger partial charge in [0.05, 0.1) is 21.3 Å². The molecular formula is C25H28O7. The molecule has 2 aromatic rings. The van der Waals surface area contributed by atoms with Crippen molar-refractivity contribution >= 4 is 18.0 Å². The number of benzene rings is 2. The molecule has 0 saturated carbocycles. The second kappa shape index (κ2) is 9.34. The molecule has 0 aromatic heterocycles. The lowest BCUT2D eigenvalue weighted by Gasteiger charge is -2.19. The highest BCUT2D eigenvalue weighted by Gasteiger charge is 2.41. The van der Waals surface area contributed by atoms with E-state index in [0.717, 1.165) is 11.1 Å². The van der Waals surface area contributed by atoms with Gasteiger partial charge < -0.3 is 23.7 Å². The number of hydrogen-bond acceptors (Lipinski definition) is 7. The zero-order valence-corrected chi connectivity index (χ0v) is 19.1. The lowest BCUT2D eigenvalue weighted by molar-refractivity contribution is -0.148. The van der Waals surface area contributed by atoms with Crippen molar-refractivity contribution in [2.75, 3.05) is 21.3 Å². The Labute approximate surface area is 187 Å². The molecule has 0 spiro atoms. The van der Waals surface area contributed by atoms with Gasteiger partial charge in [0.25, 0.3) is 0 Å². The summed E-state index contributed by atoms with van der Waals surface area (Å²) in [5.41, 5.74) is 1.60. The second-order valence-electron chi connectivity index (χ2n) is 8.32. The number of fused-ring (bicyclic) bond motifs is 1. The maximum absolute atomic E-state index is 12.7. The van der Waals surface area contributed by atoms with Crippen LogP contribution in [0.2, 0.25) is 0 Å². The van der Waals surface area contributed by atoms with Crippen LogP contribution in [0.15, 0.2) is 42.5 Å². The van der Waals surface area contributed by atoms with Crippen LogP contribution < -0.4 is 14.2 Å². The molecule has 0 amide bonds. The first-order valence-corrected chi connectivity index (χ1v) is 10.2. The molecule has 0 bridgehead atoms. The molecule has 7 heteroatoms. The van der Waals surface area contributed by atoms with Crippen LogP contribution in [0, 0.1) is 0 Å². The third kappa shape index (κ3) is 5.04. The molecule has 2 aromatic carbocycles. The molecule has 0 radical (unpaired) electrons. The molecule has 3 rings (SSSR count). The zero-order valence-electron chi connectivity index (χ0n) is 19.1. The molecule has 1 heterocycles. The average Bonchev–Trinajstić information content (AvgIpc) is 3.14. The minimum Gasteiger partial charge on any atom is -0.493 e. The maximum atomic E-state index is 12.7. The molecular weight excluding hydrogens is 412 g/mol. The van der Waals surface area contributed by atoms with E-state index in [1.165, 1.54) is 13.2 Å². The summed E-state index contributed by atoms with van der Waals surface area (Å²) in [6.45, 7) is 5.42. The number of ether oxygens (including phenoxy) is 5. The third-order valence-corrected chi connectivity index (χ3v) is 4.94. The average molecular weight is 440 g/mol. The highest BCUT2D eigenvalue weighted by atomic mass is 16.6. The number of hydrogen-bond donors (Lipinski definition) is 0. The van der Waals surface area contributed by atoms with E-state index in [4.69, 9.17) is 23.7 Å². The molecule has 0 saturated heterocycles. The highest BCUT2D eigenvalue weighted by Crippen LogP contribution is 2.48. The lowest BCUT2D eigenvalue weighted by atomic mass is 9.90. The minimum atomic E-state index is -0.678. The number of rotatable bonds is 6. The Kier molecular flexibility index (Phi) is 6.77. The monoisotopic (exact) mass is 440 g/mol. The quantitative estimate of drug-likeness (QED) is 0.485. The molecule has 0 N–H and O–H groups in total. The Morgan fingerprint density at radius 3 is 2.31 bits per heavy atom. The Morgan fingerprint density at radius 1 is 0.969 bits per heavy atom. The van der Waals surface area contributed by atoms with Gasteiger partial charge in [0, 0.05) is 11.6 Å². The van der Waals surface area contributed by atoms with Crippen LogP contribution in [0.4, 0.5) is 0 Å². The van der Waals surface area contributed by atoms with Crippen molar-refractivity contribution in [3.8, 4) is 17.2 Å². The Hall–Kier alpha value is -3.48. The summed E-state index contributed by atoms with van der Waals surface area (Å²) in [6, 6.07) is 10.8. The first-order chi connectivity index (χ1) is 15.2. The molecule has 2 atom stereocenters. The van der Waals surface area contributed by atoms with Crippen molar-refractivity contribution < 1.29 is 33.3 Å². The van der Waals surface area contributed by atoms with Crippen LogP contribution in [0.5, 0.6) is 17.2 Å². The Balaban J connectivity index is 1.93. The molecule has 170 valence electrons. The van der Waals surface area contributed by atoms with E-state index in [1.54, 1.807) is 59.3 Å². The van der Waals surface area contributed by atoms with Crippen LogP contribution in [-0.2, 0) is 19.1 Å². The lowest BCUT2D eigenvalue weighted by Crippen LogP contribution is -2.22. The van der Waals surface area contributed by atoms with E-state index >= 15 is 0 Å². The summed E-state index contributed by atoms with van der Waals surface area (Å²) >= 11 is 0. The SMILES string of the molecule is COC(=O)[C@@H]1c2cc(/C=C/C(=O)OC(C)(C)C)ccc2O[C@H]1c1ccc(OC)c(OC)c1. The normalized spacial score (nSPS) is 17.4. The van der Waals surface area contributed by atoms with E-state index in [9.17, 15) is 9.59 Å². The van der Waals surface area contributed by atoms with Crippen molar-refractivity contribution in [1.29, 1.82) is 0 Å². The first kappa shape index (κ1) is 23.2. The van der Waals surface area contributed by atoms with Gasteiger partial charge in [-0.25, -0.2) is 4.79 Å². The van der Waals surface area contributed by atoms with Gasteiger partial charge in [-0.1, -0.05) is 12.1 Å². The standard InChI is InChI=1S/C25H28O7/c1-25(2,3)32-21(26)12-8-15-7-10-18-17(13-15)22(24(27)30-6)23(31-18)16-9-11-19(28-4)20(14-16)29-5/h7-14,22-23H,1-6H3/b12-8+/t22-,23+/m1/s1. The van der Waals surface area contributed by atoms with Crippen molar-refractivity contribution in [2.45, 2.75) is 38.4 Å². The van der Waals surface area contributed by atoms with Gasteiger partial charge in [-0.3, -0.25) is 4.79 Å². The topological polar surface area (TPSA) is 80.3 Å². The molecule has 0 fully saturated rings. The van der Waals surface area contributed by atoms with E-state index in [0.29, 0.717) is 22.8 Å². The van der Waals surface area contributed by atoms with Gasteiger partial charge in [0.1, 0.15) is 23.4 Å². The van der Waals surface area contributed by atoms with Gasteiger partial charge in [0.2, 0.25) is 0 Å². The molecule has 32 heavy (non-hydrogen) atoms. The van der Waals surface area contributed by atoms with Gasteiger partial charge in [-0.15, -0.1) is 0 Å². The van der Waals surface area contributed by atoms with Crippen LogP contribution in [0.1, 0.15) is 49.5 Å². The van der Waals surface area contributed by atoms with Crippen molar-refractivity contribution in [3.63, 3.8) is 0 Å². The summed E-state index contributed by atoms with van der Waals surface area (Å²) < 4.78 is 27.2. The fourth-order valence-corrected chi connectivity index (χ4v) is 3.56. The van der Waals surface area contributed by atoms with Gasteiger partial charge in [0.15, 0.2) is 11.5 Å². The van der Waals surface area contributed by atoms with Crippen molar-refractivity contribution in [1.82, 2.24) is 0 Å². The van der Waals surface area contributed by atoms with Crippen LogP contribution in [0.3, 0.4) is 0 Å². The summed E-state index contributed by atoms with van der Waals surface area (Å²) in [5, 5.41) is 0. The molecule has 1 aliphatic heterocycles. The molecule has 1 aliphatic rings. The van der Waals surface area contributed by atoms with Crippen molar-refractivity contribution in [2.24, 2.45) is 0 Å². The van der Waals surface area contributed by atoms with E-state index in [-0.39, 0.29) is 0 Å². The van der Waals surface area contributed by atoms with E-state index in [1.807, 2.05) is 18.2 Å². The third-order valence-electron chi connectivity index (χ3n) is 4.94. The zero-order chi connectivity index (χ0) is 23.5.